The van der Waals surface area contributed by atoms with Gasteiger partial charge in [-0.25, -0.2) is 18.7 Å². The summed E-state index contributed by atoms with van der Waals surface area (Å²) in [7, 11) is 0. The van der Waals surface area contributed by atoms with Crippen LogP contribution in [0.15, 0.2) is 15.8 Å². The number of piperidine rings is 1. The predicted molar refractivity (Wildman–Crippen MR) is 67.9 cm³/mol. The van der Waals surface area contributed by atoms with E-state index in [4.69, 9.17) is 0 Å². The van der Waals surface area contributed by atoms with Gasteiger partial charge in [0, 0.05) is 32.1 Å². The predicted octanol–water partition coefficient (Wildman–Crippen LogP) is 3.20. The first-order valence-electron chi connectivity index (χ1n) is 5.21. The van der Waals surface area contributed by atoms with Gasteiger partial charge in [-0.2, -0.15) is 0 Å². The fraction of sp³-hybridized carbons (Fsp3) is 0.600. The van der Waals surface area contributed by atoms with Gasteiger partial charge in [-0.05, 0) is 22.2 Å². The van der Waals surface area contributed by atoms with E-state index in [0.29, 0.717) is 24.1 Å². The van der Waals surface area contributed by atoms with Crippen LogP contribution in [0.1, 0.15) is 12.8 Å². The van der Waals surface area contributed by atoms with Crippen LogP contribution in [0.4, 0.5) is 14.6 Å². The molecule has 0 spiro atoms. The number of hydrogen-bond acceptors (Lipinski definition) is 4. The number of anilines is 1. The first-order valence-corrected chi connectivity index (χ1v) is 7.23. The van der Waals surface area contributed by atoms with E-state index in [1.165, 1.54) is 11.8 Å². The van der Waals surface area contributed by atoms with Gasteiger partial charge in [0.1, 0.15) is 5.82 Å². The number of thioether (sulfide) groups is 1. The van der Waals surface area contributed by atoms with Crippen molar-refractivity contribution < 1.29 is 8.78 Å². The molecule has 0 N–H and O–H groups in total. The highest BCUT2D eigenvalue weighted by Gasteiger charge is 2.34. The van der Waals surface area contributed by atoms with Gasteiger partial charge in [0.05, 0.1) is 4.47 Å². The smallest absolute Gasteiger partial charge is 0.251 e. The molecule has 0 atom stereocenters. The first-order chi connectivity index (χ1) is 8.02. The van der Waals surface area contributed by atoms with E-state index >= 15 is 0 Å². The summed E-state index contributed by atoms with van der Waals surface area (Å²) < 4.78 is 26.9. The maximum Gasteiger partial charge on any atom is 0.251 e. The number of alkyl halides is 2. The summed E-state index contributed by atoms with van der Waals surface area (Å²) in [6.07, 6.45) is 3.33. The molecule has 7 heteroatoms. The van der Waals surface area contributed by atoms with E-state index in [1.54, 1.807) is 6.20 Å². The Kier molecular flexibility index (Phi) is 3.87. The van der Waals surface area contributed by atoms with Crippen molar-refractivity contribution in [1.29, 1.82) is 0 Å². The molecule has 2 heterocycles. The summed E-state index contributed by atoms with van der Waals surface area (Å²) in [6, 6.07) is 0. The molecule has 17 heavy (non-hydrogen) atoms. The molecule has 1 saturated heterocycles. The average molecular weight is 324 g/mol. The van der Waals surface area contributed by atoms with Gasteiger partial charge < -0.3 is 4.90 Å². The maximum absolute atomic E-state index is 13.1. The molecule has 1 fully saturated rings. The van der Waals surface area contributed by atoms with Crippen molar-refractivity contribution in [2.45, 2.75) is 23.9 Å². The largest absolute Gasteiger partial charge is 0.355 e. The Labute approximate surface area is 111 Å². The third-order valence-corrected chi connectivity index (χ3v) is 3.80. The molecule has 0 bridgehead atoms. The number of aromatic nitrogens is 2. The number of hydrogen-bond donors (Lipinski definition) is 0. The Morgan fingerprint density at radius 3 is 2.65 bits per heavy atom. The minimum Gasteiger partial charge on any atom is -0.355 e. The van der Waals surface area contributed by atoms with Crippen LogP contribution < -0.4 is 4.90 Å². The van der Waals surface area contributed by atoms with Crippen molar-refractivity contribution in [2.24, 2.45) is 0 Å². The van der Waals surface area contributed by atoms with Crippen molar-refractivity contribution in [3.8, 4) is 0 Å². The van der Waals surface area contributed by atoms with Gasteiger partial charge in [-0.1, -0.05) is 11.8 Å². The van der Waals surface area contributed by atoms with Crippen molar-refractivity contribution in [3.63, 3.8) is 0 Å². The minimum absolute atomic E-state index is 0.113. The van der Waals surface area contributed by atoms with E-state index in [2.05, 4.69) is 25.9 Å². The van der Waals surface area contributed by atoms with Gasteiger partial charge in [0.15, 0.2) is 5.16 Å². The zero-order valence-electron chi connectivity index (χ0n) is 9.29. The highest BCUT2D eigenvalue weighted by Crippen LogP contribution is 2.33. The second-order valence-electron chi connectivity index (χ2n) is 3.87. The van der Waals surface area contributed by atoms with Gasteiger partial charge in [-0.3, -0.25) is 0 Å². The normalized spacial score (nSPS) is 19.4. The highest BCUT2D eigenvalue weighted by molar-refractivity contribution is 9.10. The van der Waals surface area contributed by atoms with Crippen molar-refractivity contribution in [2.75, 3.05) is 24.2 Å². The van der Waals surface area contributed by atoms with Crippen LogP contribution in [0, 0.1) is 0 Å². The molecule has 1 aliphatic rings. The molecule has 0 unspecified atom stereocenters. The van der Waals surface area contributed by atoms with Crippen LogP contribution in [-0.2, 0) is 0 Å². The molecular weight excluding hydrogens is 312 g/mol. The van der Waals surface area contributed by atoms with Crippen LogP contribution in [0.3, 0.4) is 0 Å². The quantitative estimate of drug-likeness (QED) is 0.617. The summed E-state index contributed by atoms with van der Waals surface area (Å²) in [4.78, 5) is 10.3. The van der Waals surface area contributed by atoms with Crippen LogP contribution in [0.5, 0.6) is 0 Å². The average Bonchev–Trinajstić information content (AvgIpc) is 2.30. The second kappa shape index (κ2) is 5.06. The zero-order valence-corrected chi connectivity index (χ0v) is 11.7. The van der Waals surface area contributed by atoms with Gasteiger partial charge in [0.25, 0.3) is 5.92 Å². The number of nitrogens with zero attached hydrogens (tertiary/aromatic N) is 3. The Bertz CT molecular complexity index is 407. The highest BCUT2D eigenvalue weighted by atomic mass is 79.9. The van der Waals surface area contributed by atoms with E-state index < -0.39 is 5.92 Å². The molecule has 0 radical (unpaired) electrons. The van der Waals surface area contributed by atoms with Crippen LogP contribution >= 0.6 is 27.7 Å². The SMILES string of the molecule is CSc1ncc(Br)c(N2CCC(F)(F)CC2)n1. The standard InChI is InChI=1S/C10H12BrF2N3S/c1-17-9-14-6-7(11)8(15-9)16-4-2-10(12,13)3-5-16/h6H,2-5H2,1H3. The summed E-state index contributed by atoms with van der Waals surface area (Å²) >= 11 is 4.80. The topological polar surface area (TPSA) is 29.0 Å². The molecule has 3 nitrogen and oxygen atoms in total. The minimum atomic E-state index is -2.53. The summed E-state index contributed by atoms with van der Waals surface area (Å²) in [5.41, 5.74) is 0. The molecule has 1 aliphatic heterocycles. The maximum atomic E-state index is 13.1. The number of halogens is 3. The van der Waals surface area contributed by atoms with E-state index in [-0.39, 0.29) is 12.8 Å². The van der Waals surface area contributed by atoms with Gasteiger partial charge in [-0.15, -0.1) is 0 Å². The lowest BCUT2D eigenvalue weighted by Gasteiger charge is -2.33. The Hall–Kier alpha value is -0.430. The molecule has 0 amide bonds. The lowest BCUT2D eigenvalue weighted by Crippen LogP contribution is -2.40. The summed E-state index contributed by atoms with van der Waals surface area (Å²) in [5, 5.41) is 0.653. The monoisotopic (exact) mass is 323 g/mol. The van der Waals surface area contributed by atoms with Crippen molar-refractivity contribution in [1.82, 2.24) is 9.97 Å². The third-order valence-electron chi connectivity index (χ3n) is 2.68. The molecular formula is C10H12BrF2N3S. The fourth-order valence-corrected chi connectivity index (χ4v) is 2.49. The molecule has 94 valence electrons. The Balaban J connectivity index is 2.17. The fourth-order valence-electron chi connectivity index (χ4n) is 1.71. The molecule has 0 saturated carbocycles. The van der Waals surface area contributed by atoms with Gasteiger partial charge in [0.2, 0.25) is 0 Å². The number of rotatable bonds is 2. The van der Waals surface area contributed by atoms with E-state index in [1.807, 2.05) is 11.2 Å². The van der Waals surface area contributed by atoms with Crippen LogP contribution in [0.25, 0.3) is 0 Å². The summed E-state index contributed by atoms with van der Waals surface area (Å²) in [5.74, 6) is -1.82. The van der Waals surface area contributed by atoms with Crippen LogP contribution in [0.2, 0.25) is 0 Å². The molecule has 0 aliphatic carbocycles. The molecule has 0 aromatic carbocycles. The Morgan fingerprint density at radius 2 is 2.06 bits per heavy atom. The van der Waals surface area contributed by atoms with E-state index in [0.717, 1.165) is 4.47 Å². The molecule has 2 rings (SSSR count). The molecule has 1 aromatic heterocycles. The Morgan fingerprint density at radius 1 is 1.41 bits per heavy atom. The third kappa shape index (κ3) is 3.07. The second-order valence-corrected chi connectivity index (χ2v) is 5.50. The van der Waals surface area contributed by atoms with E-state index in [9.17, 15) is 8.78 Å². The lowest BCUT2D eigenvalue weighted by atomic mass is 10.1. The van der Waals surface area contributed by atoms with Gasteiger partial charge >= 0.3 is 0 Å². The van der Waals surface area contributed by atoms with Crippen LogP contribution in [-0.4, -0.2) is 35.2 Å². The molecule has 1 aromatic rings. The zero-order chi connectivity index (χ0) is 12.5. The van der Waals surface area contributed by atoms with Crippen molar-refractivity contribution in [3.05, 3.63) is 10.7 Å². The summed E-state index contributed by atoms with van der Waals surface area (Å²) in [6.45, 7) is 0.660. The lowest BCUT2D eigenvalue weighted by molar-refractivity contribution is -0.0221. The van der Waals surface area contributed by atoms with Crippen molar-refractivity contribution >= 4 is 33.5 Å². The first kappa shape index (κ1) is 13.0.